The lowest BCUT2D eigenvalue weighted by Gasteiger charge is -2.43. The molecule has 0 bridgehead atoms. The fraction of sp³-hybridized carbons (Fsp3) is 0.268. The smallest absolute Gasteiger partial charge is 0.401 e. The largest absolute Gasteiger partial charge is 0.416 e. The molecule has 1 N–H and O–H groups in total. The molecule has 0 saturated heterocycles. The number of halogens is 4. The summed E-state index contributed by atoms with van der Waals surface area (Å²) < 4.78 is 61.6. The third kappa shape index (κ3) is 6.64. The lowest BCUT2D eigenvalue weighted by Crippen LogP contribution is -2.38. The van der Waals surface area contributed by atoms with E-state index in [0.717, 1.165) is 51.1 Å². The van der Waals surface area contributed by atoms with E-state index < -0.39 is 28.6 Å². The standard InChI is InChI=1S/C41H39F4O2Si/c1-26(2)35-33(24-27-16-20-31(21-17-27)41(43,44)45)36(28-18-22-32(42)23-19-28)34(25-46)37(39(3,4)5)38(35)40(47-48,29-12-8-6-9-13-29)30-14-10-7-11-15-30/h6-23,26,46H,24-25H2,1-5H3. The molecule has 5 rings (SSSR count). The summed E-state index contributed by atoms with van der Waals surface area (Å²) in [6.07, 6.45) is -4.21. The SMILES string of the molecule is CC(C)c1c(Cc2ccc(C(F)(F)F)cc2)c(-c2ccc(F)cc2)c(CO)c(C(C)(C)C)c1C(O[Si])(c1ccccc1)c1ccccc1. The third-order valence-corrected chi connectivity index (χ3v) is 9.20. The van der Waals surface area contributed by atoms with Gasteiger partial charge in [0.1, 0.15) is 11.4 Å². The Morgan fingerprint density at radius 2 is 1.21 bits per heavy atom. The molecule has 0 heterocycles. The maximum atomic E-state index is 14.3. The Hall–Kier alpha value is -4.04. The van der Waals surface area contributed by atoms with E-state index in [-0.39, 0.29) is 18.9 Å². The number of rotatable bonds is 9. The summed E-state index contributed by atoms with van der Waals surface area (Å²) in [7, 11) is 3.56. The van der Waals surface area contributed by atoms with Gasteiger partial charge in [-0.25, -0.2) is 4.39 Å². The van der Waals surface area contributed by atoms with Crippen LogP contribution in [0, 0.1) is 5.82 Å². The molecule has 0 aliphatic rings. The Bertz CT molecular complexity index is 1800. The normalized spacial score (nSPS) is 12.5. The summed E-state index contributed by atoms with van der Waals surface area (Å²) in [6.45, 7) is 10.1. The van der Waals surface area contributed by atoms with E-state index in [4.69, 9.17) is 4.43 Å². The maximum Gasteiger partial charge on any atom is 0.416 e. The molecule has 0 spiro atoms. The van der Waals surface area contributed by atoms with Crippen LogP contribution < -0.4 is 0 Å². The molecule has 48 heavy (non-hydrogen) atoms. The highest BCUT2D eigenvalue weighted by atomic mass is 28.2. The minimum atomic E-state index is -4.47. The number of aliphatic hydroxyl groups is 1. The van der Waals surface area contributed by atoms with Gasteiger partial charge in [0.25, 0.3) is 0 Å². The van der Waals surface area contributed by atoms with Crippen LogP contribution in [0.2, 0.25) is 0 Å². The molecule has 5 aromatic carbocycles. The van der Waals surface area contributed by atoms with Gasteiger partial charge in [-0.15, -0.1) is 0 Å². The highest BCUT2D eigenvalue weighted by molar-refractivity contribution is 5.99. The zero-order valence-corrected chi connectivity index (χ0v) is 28.8. The Labute approximate surface area is 284 Å². The predicted octanol–water partition coefficient (Wildman–Crippen LogP) is 10.4. The van der Waals surface area contributed by atoms with E-state index >= 15 is 0 Å². The molecule has 0 saturated carbocycles. The van der Waals surface area contributed by atoms with E-state index in [1.807, 2.05) is 60.7 Å². The second-order valence-electron chi connectivity index (χ2n) is 13.5. The van der Waals surface area contributed by atoms with E-state index in [1.54, 1.807) is 12.1 Å². The number of hydrogen-bond acceptors (Lipinski definition) is 2. The Morgan fingerprint density at radius 3 is 1.62 bits per heavy atom. The first-order valence-electron chi connectivity index (χ1n) is 15.9. The summed E-state index contributed by atoms with van der Waals surface area (Å²) in [6, 6.07) is 31.1. The molecule has 2 nitrogen and oxygen atoms in total. The molecule has 0 aromatic heterocycles. The highest BCUT2D eigenvalue weighted by Gasteiger charge is 2.45. The van der Waals surface area contributed by atoms with Crippen LogP contribution in [0.3, 0.4) is 0 Å². The molecule has 0 atom stereocenters. The van der Waals surface area contributed by atoms with Crippen LogP contribution in [-0.2, 0) is 34.6 Å². The predicted molar refractivity (Wildman–Crippen MR) is 184 cm³/mol. The molecular weight excluding hydrogens is 629 g/mol. The number of aliphatic hydroxyl groups excluding tert-OH is 1. The van der Waals surface area contributed by atoms with Crippen molar-refractivity contribution in [2.45, 2.75) is 70.8 Å². The molecule has 0 aliphatic heterocycles. The Kier molecular flexibility index (Phi) is 10.2. The molecule has 0 fully saturated rings. The summed E-state index contributed by atoms with van der Waals surface area (Å²) >= 11 is 0. The molecular formula is C41H39F4O2Si. The van der Waals surface area contributed by atoms with Crippen LogP contribution in [0.15, 0.2) is 109 Å². The van der Waals surface area contributed by atoms with Crippen molar-refractivity contribution in [3.8, 4) is 11.1 Å². The van der Waals surface area contributed by atoms with E-state index in [0.29, 0.717) is 16.7 Å². The van der Waals surface area contributed by atoms with Crippen molar-refractivity contribution in [2.75, 3.05) is 0 Å². The topological polar surface area (TPSA) is 29.5 Å². The van der Waals surface area contributed by atoms with Gasteiger partial charge in [0.15, 0.2) is 0 Å². The molecule has 3 radical (unpaired) electrons. The quantitative estimate of drug-likeness (QED) is 0.0963. The highest BCUT2D eigenvalue weighted by Crippen LogP contribution is 2.52. The molecule has 5 aromatic rings. The number of alkyl halides is 3. The first-order valence-corrected chi connectivity index (χ1v) is 16.4. The van der Waals surface area contributed by atoms with Gasteiger partial charge in [0.2, 0.25) is 10.5 Å². The van der Waals surface area contributed by atoms with Crippen LogP contribution in [0.25, 0.3) is 11.1 Å². The van der Waals surface area contributed by atoms with Crippen molar-refractivity contribution in [3.05, 3.63) is 165 Å². The Balaban J connectivity index is 2.03. The summed E-state index contributed by atoms with van der Waals surface area (Å²) in [4.78, 5) is 0. The molecule has 247 valence electrons. The van der Waals surface area contributed by atoms with Gasteiger partial charge in [0.05, 0.1) is 12.2 Å². The van der Waals surface area contributed by atoms with Crippen molar-refractivity contribution in [3.63, 3.8) is 0 Å². The fourth-order valence-corrected chi connectivity index (χ4v) is 7.34. The monoisotopic (exact) mass is 667 g/mol. The van der Waals surface area contributed by atoms with Gasteiger partial charge >= 0.3 is 6.18 Å². The van der Waals surface area contributed by atoms with Gasteiger partial charge in [0, 0.05) is 0 Å². The first kappa shape index (κ1) is 35.3. The maximum absolute atomic E-state index is 14.3. The van der Waals surface area contributed by atoms with Crippen LogP contribution in [0.4, 0.5) is 17.6 Å². The van der Waals surface area contributed by atoms with Gasteiger partial charge in [-0.3, -0.25) is 0 Å². The van der Waals surface area contributed by atoms with Crippen molar-refractivity contribution < 1.29 is 27.1 Å². The van der Waals surface area contributed by atoms with Crippen molar-refractivity contribution in [1.29, 1.82) is 0 Å². The van der Waals surface area contributed by atoms with Gasteiger partial charge < -0.3 is 9.53 Å². The lowest BCUT2D eigenvalue weighted by molar-refractivity contribution is -0.137. The van der Waals surface area contributed by atoms with Crippen molar-refractivity contribution in [2.24, 2.45) is 0 Å². The summed E-state index contributed by atoms with van der Waals surface area (Å²) in [5.41, 5.74) is 5.41. The van der Waals surface area contributed by atoms with Crippen LogP contribution in [0.5, 0.6) is 0 Å². The van der Waals surface area contributed by atoms with Crippen LogP contribution in [0.1, 0.15) is 90.6 Å². The van der Waals surface area contributed by atoms with Crippen molar-refractivity contribution >= 4 is 10.5 Å². The second-order valence-corrected chi connectivity index (χ2v) is 13.7. The van der Waals surface area contributed by atoms with Gasteiger partial charge in [-0.1, -0.05) is 120 Å². The minimum Gasteiger partial charge on any atom is -0.401 e. The molecule has 0 unspecified atom stereocenters. The zero-order valence-electron chi connectivity index (χ0n) is 27.8. The van der Waals surface area contributed by atoms with E-state index in [1.165, 1.54) is 24.3 Å². The molecule has 0 amide bonds. The number of benzene rings is 5. The fourth-order valence-electron chi connectivity index (χ4n) is 7.00. The zero-order chi connectivity index (χ0) is 34.9. The third-order valence-electron chi connectivity index (χ3n) is 8.90. The van der Waals surface area contributed by atoms with Crippen LogP contribution >= 0.6 is 0 Å². The average molecular weight is 668 g/mol. The average Bonchev–Trinajstić information content (AvgIpc) is 3.05. The number of hydrogen-bond donors (Lipinski definition) is 1. The second kappa shape index (κ2) is 13.8. The van der Waals surface area contributed by atoms with Crippen molar-refractivity contribution in [1.82, 2.24) is 0 Å². The van der Waals surface area contributed by atoms with Gasteiger partial charge in [-0.05, 0) is 97.7 Å². The minimum absolute atomic E-state index is 0.119. The Morgan fingerprint density at radius 1 is 0.688 bits per heavy atom. The lowest BCUT2D eigenvalue weighted by atomic mass is 9.65. The van der Waals surface area contributed by atoms with Crippen LogP contribution in [-0.4, -0.2) is 15.6 Å². The summed E-state index contributed by atoms with van der Waals surface area (Å²) in [5, 5.41) is 11.4. The first-order chi connectivity index (χ1) is 22.7. The van der Waals surface area contributed by atoms with E-state index in [9.17, 15) is 22.7 Å². The molecule has 0 aliphatic carbocycles. The summed E-state index contributed by atoms with van der Waals surface area (Å²) in [5.74, 6) is -0.518. The molecule has 7 heteroatoms. The van der Waals surface area contributed by atoms with Gasteiger partial charge in [-0.2, -0.15) is 13.2 Å². The van der Waals surface area contributed by atoms with E-state index in [2.05, 4.69) is 45.1 Å².